The lowest BCUT2D eigenvalue weighted by Gasteiger charge is -2.33. The summed E-state index contributed by atoms with van der Waals surface area (Å²) in [6.45, 7) is 15.0. The van der Waals surface area contributed by atoms with E-state index in [2.05, 4.69) is 118 Å². The van der Waals surface area contributed by atoms with Gasteiger partial charge in [-0.15, -0.1) is 40.8 Å². The number of fused-ring (bicyclic) bond motifs is 4. The summed E-state index contributed by atoms with van der Waals surface area (Å²) in [6, 6.07) is 22.8. The maximum Gasteiger partial charge on any atom is 0.407 e. The summed E-state index contributed by atoms with van der Waals surface area (Å²) >= 11 is 4.03. The van der Waals surface area contributed by atoms with Crippen molar-refractivity contribution in [3.63, 3.8) is 0 Å². The summed E-state index contributed by atoms with van der Waals surface area (Å²) in [5.74, 6) is -1.15. The Morgan fingerprint density at radius 3 is 1.19 bits per heavy atom. The van der Waals surface area contributed by atoms with E-state index in [1.807, 2.05) is 166 Å². The predicted octanol–water partition coefficient (Wildman–Crippen LogP) is 11.0. The number of carbonyl (C=O) groups is 6. The number of nitrogens with one attached hydrogen (secondary N) is 7. The third-order valence-corrected chi connectivity index (χ3v) is 19.8. The number of thioether (sulfide) groups is 3. The quantitative estimate of drug-likeness (QED) is 0.0146. The number of nitrogens with zero attached hydrogens (tertiary/aromatic N) is 20. The van der Waals surface area contributed by atoms with Crippen LogP contribution >= 0.6 is 35.3 Å². The van der Waals surface area contributed by atoms with Gasteiger partial charge in [-0.1, -0.05) is 92.7 Å². The molecule has 0 bridgehead atoms. The molecule has 4 atom stereocenters. The first-order valence-corrected chi connectivity index (χ1v) is 42.3. The van der Waals surface area contributed by atoms with Crippen LogP contribution in [-0.2, 0) is 47.1 Å². The molecule has 8 heterocycles. The number of ether oxygens (including phenoxy) is 4. The first-order valence-electron chi connectivity index (χ1n) is 38.7. The van der Waals surface area contributed by atoms with Crippen LogP contribution < -0.4 is 60.2 Å². The largest absolute Gasteiger partial charge is 0.461 e. The van der Waals surface area contributed by atoms with E-state index in [0.29, 0.717) is 39.4 Å². The summed E-state index contributed by atoms with van der Waals surface area (Å²) in [6.07, 6.45) is 19.5. The van der Waals surface area contributed by atoms with E-state index < -0.39 is 41.0 Å². The minimum atomic E-state index is -0.750. The summed E-state index contributed by atoms with van der Waals surface area (Å²) in [7, 11) is 9.15. The smallest absolute Gasteiger partial charge is 0.407 e. The summed E-state index contributed by atoms with van der Waals surface area (Å²) in [5, 5.41) is 74.4. The zero-order valence-electron chi connectivity index (χ0n) is 70.7. The number of esters is 2. The molecule has 123 heavy (non-hydrogen) atoms. The Morgan fingerprint density at radius 2 is 0.797 bits per heavy atom. The van der Waals surface area contributed by atoms with E-state index in [1.54, 1.807) is 59.7 Å². The van der Waals surface area contributed by atoms with Crippen molar-refractivity contribution in [2.75, 3.05) is 71.3 Å². The van der Waals surface area contributed by atoms with E-state index in [0.717, 1.165) is 112 Å². The van der Waals surface area contributed by atoms with Crippen LogP contribution in [0.3, 0.4) is 0 Å². The van der Waals surface area contributed by atoms with Gasteiger partial charge in [0.2, 0.25) is 32.8 Å². The van der Waals surface area contributed by atoms with Crippen molar-refractivity contribution in [2.45, 2.75) is 165 Å². The van der Waals surface area contributed by atoms with E-state index in [-0.39, 0.29) is 84.7 Å². The van der Waals surface area contributed by atoms with Crippen LogP contribution in [0.25, 0.3) is 43.6 Å². The molecule has 15 N–H and O–H groups in total. The number of rotatable bonds is 20. The predicted molar refractivity (Wildman–Crippen MR) is 476 cm³/mol. The van der Waals surface area contributed by atoms with Crippen molar-refractivity contribution in [1.82, 2.24) is 110 Å². The first-order chi connectivity index (χ1) is 58.2. The van der Waals surface area contributed by atoms with E-state index in [9.17, 15) is 28.8 Å². The van der Waals surface area contributed by atoms with Crippen molar-refractivity contribution in [3.8, 4) is 0 Å². The van der Waals surface area contributed by atoms with Crippen LogP contribution in [0.15, 0.2) is 113 Å². The number of aryl methyl sites for hydroxylation is 4. The molecule has 0 saturated heterocycles. The highest BCUT2D eigenvalue weighted by molar-refractivity contribution is 7.98. The molecule has 2 fully saturated rings. The number of hydrogen-bond donors (Lipinski definition) is 11. The Morgan fingerprint density at radius 1 is 0.455 bits per heavy atom. The molecule has 0 spiro atoms. The lowest BCUT2D eigenvalue weighted by molar-refractivity contribution is 0.0475. The highest BCUT2D eigenvalue weighted by Gasteiger charge is 2.31. The fraction of sp³-hybridized carbons (Fsp3) is 0.418. The summed E-state index contributed by atoms with van der Waals surface area (Å²) in [4.78, 5) is 88.1. The third kappa shape index (κ3) is 26.5. The molecule has 2 aliphatic carbocycles. The summed E-state index contributed by atoms with van der Waals surface area (Å²) < 4.78 is 27.5. The second-order valence-corrected chi connectivity index (χ2v) is 31.5. The van der Waals surface area contributed by atoms with Crippen LogP contribution in [0.2, 0.25) is 0 Å². The Balaban J connectivity index is 0.000000190. The number of nitrogens with two attached hydrogens (primary N) is 4. The number of anilines is 9. The van der Waals surface area contributed by atoms with Gasteiger partial charge in [-0.3, -0.25) is 28.3 Å². The van der Waals surface area contributed by atoms with Gasteiger partial charge in [0.15, 0.2) is 34.7 Å². The molecule has 0 unspecified atom stereocenters. The number of benzene rings is 4. The highest BCUT2D eigenvalue weighted by atomic mass is 32.2. The van der Waals surface area contributed by atoms with Crippen molar-refractivity contribution in [2.24, 2.45) is 45.4 Å². The molecule has 656 valence electrons. The monoisotopic (exact) mass is 1750 g/mol. The number of hydrogen-bond acceptors (Lipinski definition) is 36. The zero-order chi connectivity index (χ0) is 88.5. The SMILES string of the molecule is C.CC(C)(C)OC(=O)N[C@H]1CCCC[C@H]1N.CCOC(=O)c1nnc(SC)nc1NC.CCOC(=O)c1nnc(SC)nc1Nc1cccc2c1cnn2C.CSc1nnc(C(N)=O)c(Nc2cccc3c2cnn3C)n1.Cn1ncc2c(N)cccc21.Cn1ncc2c(Nc3nc(N[C@@H]4CCCC[C@@H]4NC(=O)OC(C)(C)C)nnc3C(N)=O)cccc21. The maximum atomic E-state index is 12.3. The summed E-state index contributed by atoms with van der Waals surface area (Å²) in [5.41, 5.74) is 28.5. The fourth-order valence-electron chi connectivity index (χ4n) is 12.4. The van der Waals surface area contributed by atoms with Crippen molar-refractivity contribution >= 4 is 167 Å². The van der Waals surface area contributed by atoms with Gasteiger partial charge in [0.25, 0.3) is 11.8 Å². The van der Waals surface area contributed by atoms with Crippen LogP contribution in [-0.4, -0.2) is 210 Å². The standard InChI is InChI=1S/C23H31N9O3.C15H16N6O2S.C13H13N7OS.C11H22N2O2.C8H12N4O2S.C8H9N3.CH4/c1-23(2,3)35-22(34)28-16-9-6-5-8-15(16)27-21-29-20(18(19(24)33)30-31-21)26-14-10-7-11-17-13(14)12-25-32(17)4;1-4-23-14(22)12-13(18-15(24-3)20-19-12)17-10-6-5-7-11-9(10)8-16-21(11)2;1-20-9-5-3-4-8(7(9)6-15-20)16-12-10(11(14)21)18-19-13(17-12)22-2;1-11(2,3)15-10(14)13-9-7-5-4-6-8(9)12;1-4-14-7(13)5-6(9-2)10-8(15-3)12-11-5;1-11-8-4-2-3-7(9)6(8)5-10-11;/h7,10-12,15-16H,5-6,8-9H2,1-4H3,(H2,24,33)(H,28,34)(H2,26,27,29,31);5-8H,4H2,1-3H3,(H,17,18,20);3-6H,1-2H3,(H2,14,21)(H,16,17,19);8-9H,4-7,12H2,1-3H3,(H,13,14);4H2,1-3H3,(H,9,10,12);2-5H,9H2,1H3;1H4/t15-,16+;;;8-,9+;;;/m1..1.../s1. The van der Waals surface area contributed by atoms with Gasteiger partial charge in [-0.05, 0) is 148 Å². The first kappa shape index (κ1) is 95.5. The van der Waals surface area contributed by atoms with Crippen molar-refractivity contribution in [3.05, 3.63) is 120 Å². The molecular formula is C79H107N31O10S3. The molecule has 4 amide bonds. The molecule has 14 rings (SSSR count). The number of nitrogen functional groups attached to an aromatic ring is 1. The highest BCUT2D eigenvalue weighted by Crippen LogP contribution is 2.32. The minimum absolute atomic E-state index is 0. The molecule has 0 aliphatic heterocycles. The third-order valence-electron chi connectivity index (χ3n) is 18.1. The molecule has 8 aromatic heterocycles. The molecule has 2 saturated carbocycles. The number of alkyl carbamates (subject to hydrolysis) is 2. The Bertz CT molecular complexity index is 5620. The van der Waals surface area contributed by atoms with Gasteiger partial charge < -0.3 is 79.1 Å². The van der Waals surface area contributed by atoms with E-state index >= 15 is 0 Å². The molecule has 4 aromatic carbocycles. The lowest BCUT2D eigenvalue weighted by atomic mass is 9.90. The van der Waals surface area contributed by atoms with Gasteiger partial charge in [-0.2, -0.15) is 25.4 Å². The number of aromatic nitrogens is 20. The van der Waals surface area contributed by atoms with E-state index in [1.165, 1.54) is 35.3 Å². The number of amides is 4. The number of carbonyl (C=O) groups excluding carboxylic acids is 6. The fourth-order valence-corrected chi connectivity index (χ4v) is 13.3. The van der Waals surface area contributed by atoms with Crippen molar-refractivity contribution < 1.29 is 47.7 Å². The molecule has 0 radical (unpaired) electrons. The molecular weight excluding hydrogens is 1640 g/mol. The lowest BCUT2D eigenvalue weighted by Crippen LogP contribution is -2.50. The Hall–Kier alpha value is -13.0. The van der Waals surface area contributed by atoms with Crippen LogP contribution in [0.1, 0.15) is 156 Å². The topological polar surface area (TPSA) is 554 Å². The molecule has 41 nitrogen and oxygen atoms in total. The second-order valence-electron chi connectivity index (χ2n) is 29.2. The normalized spacial score (nSPS) is 14.7. The van der Waals surface area contributed by atoms with Crippen LogP contribution in [0, 0.1) is 0 Å². The van der Waals surface area contributed by atoms with E-state index in [4.69, 9.17) is 41.9 Å². The van der Waals surface area contributed by atoms with Gasteiger partial charge in [0, 0.05) is 80.6 Å². The van der Waals surface area contributed by atoms with Gasteiger partial charge >= 0.3 is 24.1 Å². The average Bonchev–Trinajstić information content (AvgIpc) is 1.75. The maximum absolute atomic E-state index is 12.3. The second kappa shape index (κ2) is 44.5. The minimum Gasteiger partial charge on any atom is -0.461 e. The molecule has 44 heteroatoms. The Kier molecular flexibility index (Phi) is 34.6. The van der Waals surface area contributed by atoms with Gasteiger partial charge in [0.1, 0.15) is 11.2 Å². The van der Waals surface area contributed by atoms with Gasteiger partial charge in [0.05, 0.1) is 83.2 Å². The number of primary amides is 2. The zero-order valence-corrected chi connectivity index (χ0v) is 73.1. The molecule has 12 aromatic rings. The van der Waals surface area contributed by atoms with Crippen LogP contribution in [0.5, 0.6) is 0 Å². The average molecular weight is 1750 g/mol. The van der Waals surface area contributed by atoms with Gasteiger partial charge in [-0.25, -0.2) is 34.1 Å². The Labute approximate surface area is 723 Å². The van der Waals surface area contributed by atoms with Crippen LogP contribution in [0.4, 0.5) is 61.6 Å². The van der Waals surface area contributed by atoms with Crippen molar-refractivity contribution in [1.29, 1.82) is 0 Å². The molecule has 2 aliphatic rings.